The number of carbonyl (C=O) groups excluding carboxylic acids is 2. The third kappa shape index (κ3) is 3.60. The van der Waals surface area contributed by atoms with Crippen LogP contribution in [0.3, 0.4) is 0 Å². The molecule has 2 heterocycles. The lowest BCUT2D eigenvalue weighted by molar-refractivity contribution is -0.136. The Bertz CT molecular complexity index is 762. The van der Waals surface area contributed by atoms with Crippen LogP contribution in [0.2, 0.25) is 0 Å². The highest BCUT2D eigenvalue weighted by Gasteiger charge is 2.48. The number of para-hydroxylation sites is 1. The van der Waals surface area contributed by atoms with Crippen molar-refractivity contribution in [2.75, 3.05) is 26.2 Å². The van der Waals surface area contributed by atoms with E-state index < -0.39 is 0 Å². The van der Waals surface area contributed by atoms with Gasteiger partial charge in [0.1, 0.15) is 5.75 Å². The molecule has 5 nitrogen and oxygen atoms in total. The summed E-state index contributed by atoms with van der Waals surface area (Å²) in [5.74, 6) is 1.01. The molecule has 1 aliphatic carbocycles. The van der Waals surface area contributed by atoms with Crippen LogP contribution in [-0.4, -0.2) is 52.9 Å². The van der Waals surface area contributed by atoms with E-state index in [9.17, 15) is 14.7 Å². The van der Waals surface area contributed by atoms with Gasteiger partial charge in [-0.3, -0.25) is 9.59 Å². The van der Waals surface area contributed by atoms with Crippen molar-refractivity contribution in [1.82, 2.24) is 9.80 Å². The van der Waals surface area contributed by atoms with E-state index in [4.69, 9.17) is 0 Å². The lowest BCUT2D eigenvalue weighted by atomic mass is 9.79. The highest BCUT2D eigenvalue weighted by molar-refractivity contribution is 5.82. The molecule has 3 atom stereocenters. The standard InChI is InChI=1S/C22H28N2O3/c1-2-16-12-18(16)21(27)24-10-5-8-22(15-24)9-11-23(14-22)20(26)13-17-6-3-4-7-19(17)25/h2-4,6-7,16,18,25H,1,5,8-15H2/t16-,18+,22?/m0/s1. The Labute approximate surface area is 160 Å². The molecule has 3 aliphatic rings. The van der Waals surface area contributed by atoms with Gasteiger partial charge in [0.2, 0.25) is 11.8 Å². The maximum atomic E-state index is 12.7. The second kappa shape index (κ2) is 7.02. The van der Waals surface area contributed by atoms with Crippen molar-refractivity contribution in [2.24, 2.45) is 17.3 Å². The zero-order chi connectivity index (χ0) is 19.0. The molecule has 0 radical (unpaired) electrons. The number of phenolic OH excluding ortho intramolecular Hbond substituents is 1. The lowest BCUT2D eigenvalue weighted by Crippen LogP contribution is -2.48. The van der Waals surface area contributed by atoms with Crippen LogP contribution in [0.4, 0.5) is 0 Å². The van der Waals surface area contributed by atoms with Gasteiger partial charge in [0, 0.05) is 43.1 Å². The summed E-state index contributed by atoms with van der Waals surface area (Å²) in [6, 6.07) is 7.02. The summed E-state index contributed by atoms with van der Waals surface area (Å²) in [5.41, 5.74) is 0.717. The number of hydrogen-bond acceptors (Lipinski definition) is 3. The van der Waals surface area contributed by atoms with Gasteiger partial charge in [-0.1, -0.05) is 24.3 Å². The van der Waals surface area contributed by atoms with Gasteiger partial charge in [-0.05, 0) is 37.7 Å². The van der Waals surface area contributed by atoms with Crippen molar-refractivity contribution in [3.63, 3.8) is 0 Å². The quantitative estimate of drug-likeness (QED) is 0.831. The molecule has 2 amide bonds. The maximum absolute atomic E-state index is 12.7. The third-order valence-electron chi connectivity index (χ3n) is 6.56. The number of hydrogen-bond donors (Lipinski definition) is 1. The molecule has 144 valence electrons. The Morgan fingerprint density at radius 3 is 2.70 bits per heavy atom. The minimum Gasteiger partial charge on any atom is -0.508 e. The van der Waals surface area contributed by atoms with E-state index in [2.05, 4.69) is 6.58 Å². The molecular formula is C22H28N2O3. The molecule has 1 aromatic rings. The van der Waals surface area contributed by atoms with Gasteiger partial charge >= 0.3 is 0 Å². The molecule has 0 aromatic heterocycles. The molecule has 2 aliphatic heterocycles. The molecule has 4 rings (SSSR count). The van der Waals surface area contributed by atoms with E-state index in [0.29, 0.717) is 11.5 Å². The van der Waals surface area contributed by atoms with Gasteiger partial charge in [0.25, 0.3) is 0 Å². The Morgan fingerprint density at radius 1 is 1.19 bits per heavy atom. The zero-order valence-electron chi connectivity index (χ0n) is 15.8. The lowest BCUT2D eigenvalue weighted by Gasteiger charge is -2.40. The first-order valence-electron chi connectivity index (χ1n) is 9.97. The average Bonchev–Trinajstić information content (AvgIpc) is 3.36. The van der Waals surface area contributed by atoms with Crippen molar-refractivity contribution in [3.8, 4) is 5.75 Å². The number of allylic oxidation sites excluding steroid dienone is 1. The number of rotatable bonds is 4. The van der Waals surface area contributed by atoms with Crippen LogP contribution < -0.4 is 0 Å². The summed E-state index contributed by atoms with van der Waals surface area (Å²) in [6.07, 6.45) is 6.12. The molecule has 27 heavy (non-hydrogen) atoms. The van der Waals surface area contributed by atoms with Crippen molar-refractivity contribution in [2.45, 2.75) is 32.1 Å². The van der Waals surface area contributed by atoms with Gasteiger partial charge in [-0.25, -0.2) is 0 Å². The van der Waals surface area contributed by atoms with Crippen molar-refractivity contribution in [3.05, 3.63) is 42.5 Å². The Balaban J connectivity index is 1.37. The minimum absolute atomic E-state index is 0.0425. The van der Waals surface area contributed by atoms with Gasteiger partial charge in [-0.15, -0.1) is 6.58 Å². The molecule has 0 bridgehead atoms. The topological polar surface area (TPSA) is 60.9 Å². The summed E-state index contributed by atoms with van der Waals surface area (Å²) in [4.78, 5) is 29.4. The van der Waals surface area contributed by atoms with Crippen molar-refractivity contribution >= 4 is 11.8 Å². The van der Waals surface area contributed by atoms with Crippen LogP contribution in [0.1, 0.15) is 31.2 Å². The fourth-order valence-corrected chi connectivity index (χ4v) is 4.81. The van der Waals surface area contributed by atoms with Gasteiger partial charge in [-0.2, -0.15) is 0 Å². The second-order valence-electron chi connectivity index (χ2n) is 8.48. The summed E-state index contributed by atoms with van der Waals surface area (Å²) < 4.78 is 0. The van der Waals surface area contributed by atoms with Crippen LogP contribution in [0.15, 0.2) is 36.9 Å². The predicted octanol–water partition coefficient (Wildman–Crippen LogP) is 2.60. The molecule has 1 aromatic carbocycles. The highest BCUT2D eigenvalue weighted by atomic mass is 16.3. The number of phenols is 1. The largest absolute Gasteiger partial charge is 0.508 e. The number of benzene rings is 1. The number of nitrogens with zero attached hydrogens (tertiary/aromatic N) is 2. The van der Waals surface area contributed by atoms with E-state index in [-0.39, 0.29) is 35.3 Å². The monoisotopic (exact) mass is 368 g/mol. The number of amides is 2. The summed E-state index contributed by atoms with van der Waals surface area (Å²) in [6.45, 7) is 6.88. The van der Waals surface area contributed by atoms with E-state index in [1.54, 1.807) is 18.2 Å². The molecule has 1 spiro atoms. The van der Waals surface area contributed by atoms with Crippen molar-refractivity contribution < 1.29 is 14.7 Å². The first-order chi connectivity index (χ1) is 13.0. The SMILES string of the molecule is C=C[C@H]1C[C@H]1C(=O)N1CCCC2(CCN(C(=O)Cc3ccccc3O)C2)C1. The maximum Gasteiger partial charge on any atom is 0.227 e. The van der Waals surface area contributed by atoms with E-state index in [1.165, 1.54) is 0 Å². The molecule has 1 N–H and O–H groups in total. The first kappa shape index (κ1) is 18.1. The van der Waals surface area contributed by atoms with Gasteiger partial charge in [0.15, 0.2) is 0 Å². The molecule has 3 fully saturated rings. The van der Waals surface area contributed by atoms with Crippen LogP contribution in [0, 0.1) is 17.3 Å². The summed E-state index contributed by atoms with van der Waals surface area (Å²) in [5, 5.41) is 9.92. The predicted molar refractivity (Wildman–Crippen MR) is 103 cm³/mol. The molecule has 1 saturated carbocycles. The van der Waals surface area contributed by atoms with Gasteiger partial charge < -0.3 is 14.9 Å². The van der Waals surface area contributed by atoms with Crippen LogP contribution in [-0.2, 0) is 16.0 Å². The molecular weight excluding hydrogens is 340 g/mol. The zero-order valence-corrected chi connectivity index (χ0v) is 15.8. The third-order valence-corrected chi connectivity index (χ3v) is 6.56. The Kier molecular flexibility index (Phi) is 4.70. The number of carbonyl (C=O) groups is 2. The normalized spacial score (nSPS) is 29.8. The Hall–Kier alpha value is -2.30. The molecule has 1 unspecified atom stereocenters. The van der Waals surface area contributed by atoms with E-state index in [1.807, 2.05) is 21.9 Å². The van der Waals surface area contributed by atoms with E-state index >= 15 is 0 Å². The van der Waals surface area contributed by atoms with Crippen LogP contribution in [0.25, 0.3) is 0 Å². The number of piperidine rings is 1. The van der Waals surface area contributed by atoms with Crippen molar-refractivity contribution in [1.29, 1.82) is 0 Å². The fourth-order valence-electron chi connectivity index (χ4n) is 4.81. The van der Waals surface area contributed by atoms with Gasteiger partial charge in [0.05, 0.1) is 6.42 Å². The fraction of sp³-hybridized carbons (Fsp3) is 0.545. The highest BCUT2D eigenvalue weighted by Crippen LogP contribution is 2.44. The first-order valence-corrected chi connectivity index (χ1v) is 9.97. The molecule has 5 heteroatoms. The average molecular weight is 368 g/mol. The number of likely N-dealkylation sites (tertiary alicyclic amines) is 2. The van der Waals surface area contributed by atoms with E-state index in [0.717, 1.165) is 51.9 Å². The smallest absolute Gasteiger partial charge is 0.227 e. The summed E-state index contributed by atoms with van der Waals surface area (Å²) in [7, 11) is 0. The summed E-state index contributed by atoms with van der Waals surface area (Å²) >= 11 is 0. The molecule has 2 saturated heterocycles. The second-order valence-corrected chi connectivity index (χ2v) is 8.48. The van der Waals surface area contributed by atoms with Crippen LogP contribution >= 0.6 is 0 Å². The Morgan fingerprint density at radius 2 is 1.96 bits per heavy atom. The number of aromatic hydroxyl groups is 1. The minimum atomic E-state index is 0.0425. The van der Waals surface area contributed by atoms with Crippen LogP contribution in [0.5, 0.6) is 5.75 Å².